The molecule has 0 aromatic heterocycles. The van der Waals surface area contributed by atoms with Crippen LogP contribution in [0.5, 0.6) is 0 Å². The zero-order valence-electron chi connectivity index (χ0n) is 14.6. The fourth-order valence-electron chi connectivity index (χ4n) is 1.94. The van der Waals surface area contributed by atoms with Crippen molar-refractivity contribution in [3.63, 3.8) is 0 Å². The molecule has 130 valence electrons. The van der Waals surface area contributed by atoms with Crippen LogP contribution >= 0.6 is 0 Å². The van der Waals surface area contributed by atoms with E-state index < -0.39 is 5.97 Å². The minimum absolute atomic E-state index is 0. The van der Waals surface area contributed by atoms with Crippen LogP contribution in [0.1, 0.15) is 78.2 Å². The summed E-state index contributed by atoms with van der Waals surface area (Å²) in [4.78, 5) is 10.0. The van der Waals surface area contributed by atoms with Crippen LogP contribution in [-0.4, -0.2) is 5.97 Å². The SMILES string of the molecule is CC(C)(C)CCCCCC(=O)[O-].CC(C)c1ccccc1.[Ag+]. The second kappa shape index (κ2) is 12.9. The first-order valence-corrected chi connectivity index (χ1v) is 7.97. The number of carbonyl (C=O) groups is 1. The van der Waals surface area contributed by atoms with Gasteiger partial charge in [-0.2, -0.15) is 0 Å². The van der Waals surface area contributed by atoms with Crippen molar-refractivity contribution in [1.29, 1.82) is 0 Å². The van der Waals surface area contributed by atoms with Crippen LogP contribution in [0.2, 0.25) is 0 Å². The van der Waals surface area contributed by atoms with Crippen LogP contribution in [0.4, 0.5) is 0 Å². The Bertz CT molecular complexity index is 380. The van der Waals surface area contributed by atoms with E-state index >= 15 is 0 Å². The third-order valence-electron chi connectivity index (χ3n) is 3.27. The molecule has 0 aliphatic heterocycles. The van der Waals surface area contributed by atoms with Crippen LogP contribution in [-0.2, 0) is 27.2 Å². The number of hydrogen-bond donors (Lipinski definition) is 0. The Morgan fingerprint density at radius 3 is 1.95 bits per heavy atom. The number of benzene rings is 1. The van der Waals surface area contributed by atoms with E-state index in [1.54, 1.807) is 0 Å². The number of carbonyl (C=O) groups excluding carboxylic acids is 1. The van der Waals surface area contributed by atoms with E-state index in [1.807, 2.05) is 6.07 Å². The summed E-state index contributed by atoms with van der Waals surface area (Å²) in [6, 6.07) is 10.5. The van der Waals surface area contributed by atoms with Gasteiger partial charge in [-0.25, -0.2) is 0 Å². The van der Waals surface area contributed by atoms with Crippen LogP contribution in [0.15, 0.2) is 30.3 Å². The van der Waals surface area contributed by atoms with Gasteiger partial charge in [0.05, 0.1) is 0 Å². The molecule has 0 N–H and O–H groups in total. The van der Waals surface area contributed by atoms with Gasteiger partial charge in [0.15, 0.2) is 0 Å². The monoisotopic (exact) mass is 398 g/mol. The Labute approximate surface area is 152 Å². The summed E-state index contributed by atoms with van der Waals surface area (Å²) >= 11 is 0. The van der Waals surface area contributed by atoms with E-state index in [0.29, 0.717) is 11.3 Å². The second-order valence-electron chi connectivity index (χ2n) is 7.06. The molecule has 0 fully saturated rings. The number of unbranched alkanes of at least 4 members (excludes halogenated alkanes) is 2. The summed E-state index contributed by atoms with van der Waals surface area (Å²) < 4.78 is 0. The molecule has 1 aromatic carbocycles. The second-order valence-corrected chi connectivity index (χ2v) is 7.06. The third-order valence-corrected chi connectivity index (χ3v) is 3.27. The fourth-order valence-corrected chi connectivity index (χ4v) is 1.94. The van der Waals surface area contributed by atoms with Gasteiger partial charge < -0.3 is 9.90 Å². The van der Waals surface area contributed by atoms with Crippen LogP contribution in [0.3, 0.4) is 0 Å². The van der Waals surface area contributed by atoms with Gasteiger partial charge in [-0.3, -0.25) is 0 Å². The summed E-state index contributed by atoms with van der Waals surface area (Å²) in [7, 11) is 0. The predicted molar refractivity (Wildman–Crippen MR) is 88.1 cm³/mol. The van der Waals surface area contributed by atoms with Crippen molar-refractivity contribution >= 4 is 5.97 Å². The quantitative estimate of drug-likeness (QED) is 0.521. The van der Waals surface area contributed by atoms with E-state index in [2.05, 4.69) is 58.9 Å². The smallest absolute Gasteiger partial charge is 0.550 e. The van der Waals surface area contributed by atoms with Gasteiger partial charge in [-0.1, -0.05) is 77.8 Å². The average molecular weight is 399 g/mol. The number of carboxylic acid groups (broad SMARTS) is 1. The van der Waals surface area contributed by atoms with Gasteiger partial charge in [0.1, 0.15) is 0 Å². The largest absolute Gasteiger partial charge is 1.00 e. The standard InChI is InChI=1S/C10H20O2.C9H12.Ag/c1-10(2,3)8-6-4-5-7-9(11)12;1-8(2)9-6-4-3-5-7-9;/h4-8H2,1-3H3,(H,11,12);3-8H,1-2H3;/q;;+1/p-1. The predicted octanol–water partition coefficient (Wildman–Crippen LogP) is 4.54. The van der Waals surface area contributed by atoms with Crippen molar-refractivity contribution in [2.45, 2.75) is 72.6 Å². The Morgan fingerprint density at radius 1 is 1.05 bits per heavy atom. The minimum atomic E-state index is -0.925. The maximum absolute atomic E-state index is 10.0. The molecule has 0 radical (unpaired) electrons. The summed E-state index contributed by atoms with van der Waals surface area (Å²) in [5.74, 6) is -0.267. The van der Waals surface area contributed by atoms with Crippen LogP contribution < -0.4 is 5.11 Å². The van der Waals surface area contributed by atoms with Gasteiger partial charge in [0, 0.05) is 5.97 Å². The average Bonchev–Trinajstić information content (AvgIpc) is 2.38. The number of carboxylic acids is 1. The zero-order chi connectivity index (χ0) is 16.3. The Kier molecular flexibility index (Phi) is 13.9. The molecule has 1 aromatic rings. The Morgan fingerprint density at radius 2 is 1.59 bits per heavy atom. The molecular formula is C19H31AgO2. The first-order chi connectivity index (χ1) is 9.72. The Balaban J connectivity index is 0. The number of rotatable bonds is 6. The molecule has 0 saturated carbocycles. The molecule has 0 heterocycles. The molecule has 0 unspecified atom stereocenters. The summed E-state index contributed by atoms with van der Waals surface area (Å²) in [6.07, 6.45) is 4.27. The summed E-state index contributed by atoms with van der Waals surface area (Å²) in [5, 5.41) is 10.0. The maximum Gasteiger partial charge on any atom is 1.00 e. The van der Waals surface area contributed by atoms with Crippen LogP contribution in [0, 0.1) is 5.41 Å². The first-order valence-electron chi connectivity index (χ1n) is 7.97. The molecular weight excluding hydrogens is 368 g/mol. The van der Waals surface area contributed by atoms with E-state index in [4.69, 9.17) is 0 Å². The van der Waals surface area contributed by atoms with Gasteiger partial charge in [-0.05, 0) is 36.2 Å². The fraction of sp³-hybridized carbons (Fsp3) is 0.632. The zero-order valence-corrected chi connectivity index (χ0v) is 16.1. The molecule has 0 amide bonds. The number of aliphatic carboxylic acids is 1. The molecule has 0 bridgehead atoms. The van der Waals surface area contributed by atoms with Crippen molar-refractivity contribution in [3.8, 4) is 0 Å². The normalized spacial score (nSPS) is 10.5. The molecule has 0 aliphatic rings. The van der Waals surface area contributed by atoms with E-state index in [1.165, 1.54) is 12.0 Å². The van der Waals surface area contributed by atoms with Crippen molar-refractivity contribution in [3.05, 3.63) is 35.9 Å². The molecule has 3 heteroatoms. The van der Waals surface area contributed by atoms with Gasteiger partial charge in [0.2, 0.25) is 0 Å². The van der Waals surface area contributed by atoms with Gasteiger partial charge in [0.25, 0.3) is 0 Å². The van der Waals surface area contributed by atoms with Crippen molar-refractivity contribution in [2.75, 3.05) is 0 Å². The first kappa shape index (κ1) is 23.7. The molecule has 22 heavy (non-hydrogen) atoms. The van der Waals surface area contributed by atoms with E-state index in [0.717, 1.165) is 19.3 Å². The summed E-state index contributed by atoms with van der Waals surface area (Å²) in [6.45, 7) is 11.0. The van der Waals surface area contributed by atoms with E-state index in [9.17, 15) is 9.90 Å². The Hall–Kier alpha value is -0.570. The third kappa shape index (κ3) is 15.8. The molecule has 1 rings (SSSR count). The molecule has 0 atom stereocenters. The van der Waals surface area contributed by atoms with Crippen LogP contribution in [0.25, 0.3) is 0 Å². The van der Waals surface area contributed by atoms with Crippen molar-refractivity contribution in [1.82, 2.24) is 0 Å². The van der Waals surface area contributed by atoms with Gasteiger partial charge in [-0.15, -0.1) is 0 Å². The van der Waals surface area contributed by atoms with Gasteiger partial charge >= 0.3 is 22.4 Å². The van der Waals surface area contributed by atoms with E-state index in [-0.39, 0.29) is 28.8 Å². The van der Waals surface area contributed by atoms with Crippen molar-refractivity contribution < 1.29 is 32.3 Å². The number of hydrogen-bond acceptors (Lipinski definition) is 2. The summed E-state index contributed by atoms with van der Waals surface area (Å²) in [5.41, 5.74) is 1.79. The maximum atomic E-state index is 10.0. The molecule has 0 spiro atoms. The molecule has 0 saturated heterocycles. The van der Waals surface area contributed by atoms with Crippen molar-refractivity contribution in [2.24, 2.45) is 5.41 Å². The molecule has 2 nitrogen and oxygen atoms in total. The minimum Gasteiger partial charge on any atom is -0.550 e. The topological polar surface area (TPSA) is 40.1 Å². The molecule has 0 aliphatic carbocycles.